The van der Waals surface area contributed by atoms with Crippen molar-refractivity contribution in [1.29, 1.82) is 0 Å². The van der Waals surface area contributed by atoms with E-state index in [4.69, 9.17) is 9.47 Å². The molecular weight excluding hydrogens is 530 g/mol. The highest BCUT2D eigenvalue weighted by Crippen LogP contribution is 2.65. The summed E-state index contributed by atoms with van der Waals surface area (Å²) in [6.45, 7) is 1.79. The van der Waals surface area contributed by atoms with Gasteiger partial charge in [0.15, 0.2) is 0 Å². The Morgan fingerprint density at radius 3 is 2.24 bits per heavy atom. The molecule has 3 amide bonds. The third-order valence-electron chi connectivity index (χ3n) is 9.41. The quantitative estimate of drug-likeness (QED) is 0.132. The predicted octanol–water partition coefficient (Wildman–Crippen LogP) is 3.43. The van der Waals surface area contributed by atoms with Gasteiger partial charge in [-0.3, -0.25) is 29.3 Å². The van der Waals surface area contributed by atoms with E-state index in [1.165, 1.54) is 35.1 Å². The first-order valence-corrected chi connectivity index (χ1v) is 13.7. The van der Waals surface area contributed by atoms with Crippen LogP contribution in [-0.4, -0.2) is 42.3 Å². The molecule has 0 aromatic heterocycles. The summed E-state index contributed by atoms with van der Waals surface area (Å²) >= 11 is 0. The Bertz CT molecular complexity index is 1550. The van der Waals surface area contributed by atoms with E-state index in [0.717, 1.165) is 6.42 Å². The number of benzene rings is 2. The number of amides is 3. The number of nitro benzene ring substituents is 1. The second-order valence-electron chi connectivity index (χ2n) is 11.6. The molecule has 11 heteroatoms. The fraction of sp³-hybridized carbons (Fsp3) is 0.400. The standard InChI is InChI=1S/C30H27N3O8/c1-14-9-17(4-8-22(14)32-28(35)26-18-5-6-19(21-12-20(18)21)27(26)29(32)36)41-30(37)15-10-25(34)31(13-15)23-7-3-16(33(38)39)11-24(23)40-2/h3-9,11,15,18-21,26-27H,10,12-13H2,1-2H3/t15-,18+,19+,20+,21+,26-,27+/m1/s1. The van der Waals surface area contributed by atoms with Crippen molar-refractivity contribution in [2.45, 2.75) is 19.8 Å². The van der Waals surface area contributed by atoms with E-state index in [1.54, 1.807) is 25.1 Å². The second-order valence-corrected chi connectivity index (χ2v) is 11.6. The van der Waals surface area contributed by atoms with E-state index in [-0.39, 0.29) is 71.5 Å². The molecule has 0 unspecified atom stereocenters. The fourth-order valence-electron chi connectivity index (χ4n) is 7.44. The Balaban J connectivity index is 1.06. The summed E-state index contributed by atoms with van der Waals surface area (Å²) in [6.07, 6.45) is 5.28. The van der Waals surface area contributed by atoms with Crippen LogP contribution in [-0.2, 0) is 19.2 Å². The van der Waals surface area contributed by atoms with Gasteiger partial charge in [0, 0.05) is 19.0 Å². The molecule has 7 atom stereocenters. The van der Waals surface area contributed by atoms with Gasteiger partial charge in [0.2, 0.25) is 17.7 Å². The number of carbonyl (C=O) groups excluding carboxylic acids is 4. The monoisotopic (exact) mass is 557 g/mol. The number of allylic oxidation sites excluding steroid dienone is 2. The van der Waals surface area contributed by atoms with E-state index >= 15 is 0 Å². The van der Waals surface area contributed by atoms with Gasteiger partial charge < -0.3 is 14.4 Å². The Labute approximate surface area is 234 Å². The van der Waals surface area contributed by atoms with Crippen LogP contribution < -0.4 is 19.3 Å². The topological polar surface area (TPSA) is 136 Å². The van der Waals surface area contributed by atoms with Crippen LogP contribution in [0.15, 0.2) is 48.6 Å². The molecule has 2 saturated carbocycles. The van der Waals surface area contributed by atoms with Crippen molar-refractivity contribution in [3.05, 3.63) is 64.2 Å². The van der Waals surface area contributed by atoms with Gasteiger partial charge in [-0.05, 0) is 66.8 Å². The smallest absolute Gasteiger partial charge is 0.316 e. The molecule has 2 heterocycles. The molecule has 0 radical (unpaired) electrons. The normalized spacial score (nSPS) is 30.9. The van der Waals surface area contributed by atoms with Crippen LogP contribution in [0.3, 0.4) is 0 Å². The number of rotatable bonds is 6. The summed E-state index contributed by atoms with van der Waals surface area (Å²) in [7, 11) is 1.35. The van der Waals surface area contributed by atoms with Crippen LogP contribution in [0.25, 0.3) is 0 Å². The van der Waals surface area contributed by atoms with Crippen LogP contribution in [0, 0.1) is 58.5 Å². The second kappa shape index (κ2) is 8.98. The van der Waals surface area contributed by atoms with Crippen molar-refractivity contribution in [2.24, 2.45) is 41.4 Å². The first-order chi connectivity index (χ1) is 19.7. The summed E-state index contributed by atoms with van der Waals surface area (Å²) in [5.41, 5.74) is 1.28. The van der Waals surface area contributed by atoms with Gasteiger partial charge in [-0.25, -0.2) is 4.90 Å². The molecule has 4 aliphatic carbocycles. The number of imide groups is 1. The van der Waals surface area contributed by atoms with E-state index in [1.807, 2.05) is 0 Å². The number of methoxy groups -OCH3 is 1. The molecule has 2 aliphatic heterocycles. The van der Waals surface area contributed by atoms with Crippen LogP contribution >= 0.6 is 0 Å². The van der Waals surface area contributed by atoms with E-state index in [2.05, 4.69) is 12.2 Å². The molecule has 11 nitrogen and oxygen atoms in total. The molecule has 2 saturated heterocycles. The summed E-state index contributed by atoms with van der Waals surface area (Å²) in [6, 6.07) is 8.74. The first kappa shape index (κ1) is 25.4. The predicted molar refractivity (Wildman–Crippen MR) is 144 cm³/mol. The molecule has 210 valence electrons. The summed E-state index contributed by atoms with van der Waals surface area (Å²) in [4.78, 5) is 66.0. The number of hydrogen-bond acceptors (Lipinski definition) is 8. The van der Waals surface area contributed by atoms with Crippen molar-refractivity contribution in [3.63, 3.8) is 0 Å². The Hall–Kier alpha value is -4.54. The maximum absolute atomic E-state index is 13.5. The molecule has 0 spiro atoms. The minimum Gasteiger partial charge on any atom is -0.494 e. The summed E-state index contributed by atoms with van der Waals surface area (Å²) in [5, 5.41) is 11.1. The zero-order valence-corrected chi connectivity index (χ0v) is 22.4. The molecule has 41 heavy (non-hydrogen) atoms. The van der Waals surface area contributed by atoms with Gasteiger partial charge in [0.05, 0.1) is 47.2 Å². The Kier molecular flexibility index (Phi) is 5.57. The number of non-ortho nitro benzene ring substituents is 1. The van der Waals surface area contributed by atoms with Gasteiger partial charge >= 0.3 is 5.97 Å². The van der Waals surface area contributed by atoms with Gasteiger partial charge in [-0.2, -0.15) is 0 Å². The summed E-state index contributed by atoms with van der Waals surface area (Å²) in [5.74, 6) is -0.881. The van der Waals surface area contributed by atoms with Crippen molar-refractivity contribution in [2.75, 3.05) is 23.5 Å². The molecule has 2 aromatic rings. The number of nitrogens with zero attached hydrogens (tertiary/aromatic N) is 3. The van der Waals surface area contributed by atoms with E-state index in [9.17, 15) is 29.3 Å². The largest absolute Gasteiger partial charge is 0.494 e. The number of ether oxygens (including phenoxy) is 2. The maximum Gasteiger partial charge on any atom is 0.316 e. The molecule has 2 aromatic carbocycles. The molecule has 6 aliphatic rings. The number of carbonyl (C=O) groups is 4. The average molecular weight is 558 g/mol. The number of nitro groups is 1. The van der Waals surface area contributed by atoms with Gasteiger partial charge in [-0.1, -0.05) is 12.2 Å². The van der Waals surface area contributed by atoms with Crippen molar-refractivity contribution in [1.82, 2.24) is 0 Å². The van der Waals surface area contributed by atoms with Gasteiger partial charge in [0.25, 0.3) is 5.69 Å². The maximum atomic E-state index is 13.5. The molecule has 0 N–H and O–H groups in total. The number of esters is 1. The minimum atomic E-state index is -0.762. The number of anilines is 2. The fourth-order valence-corrected chi connectivity index (χ4v) is 7.44. The molecule has 2 bridgehead atoms. The lowest BCUT2D eigenvalue weighted by atomic mass is 9.63. The highest BCUT2D eigenvalue weighted by Gasteiger charge is 2.67. The Morgan fingerprint density at radius 2 is 1.63 bits per heavy atom. The van der Waals surface area contributed by atoms with Gasteiger partial charge in [-0.15, -0.1) is 0 Å². The van der Waals surface area contributed by atoms with Crippen LogP contribution in [0.1, 0.15) is 18.4 Å². The summed E-state index contributed by atoms with van der Waals surface area (Å²) < 4.78 is 10.9. The van der Waals surface area contributed by atoms with Crippen molar-refractivity contribution in [3.8, 4) is 11.5 Å². The molecular formula is C30H27N3O8. The SMILES string of the molecule is COc1cc([N+](=O)[O-])ccc1N1C[C@H](C(=O)Oc2ccc(N3C(=O)[C@@H]4[C@H]5C=C[C@@H]([C@@H]6C[C@@H]56)[C@@H]4C3=O)c(C)c2)CC1=O. The lowest BCUT2D eigenvalue weighted by Crippen LogP contribution is -2.40. The highest BCUT2D eigenvalue weighted by molar-refractivity contribution is 6.23. The number of aryl methyl sites for hydroxylation is 1. The third kappa shape index (κ3) is 3.78. The zero-order chi connectivity index (χ0) is 28.7. The molecule has 4 fully saturated rings. The van der Waals surface area contributed by atoms with Crippen LogP contribution in [0.4, 0.5) is 17.1 Å². The zero-order valence-electron chi connectivity index (χ0n) is 22.4. The van der Waals surface area contributed by atoms with E-state index < -0.39 is 16.8 Å². The van der Waals surface area contributed by atoms with Gasteiger partial charge in [0.1, 0.15) is 11.5 Å². The van der Waals surface area contributed by atoms with Crippen LogP contribution in [0.5, 0.6) is 11.5 Å². The third-order valence-corrected chi connectivity index (χ3v) is 9.41. The minimum absolute atomic E-state index is 0.0286. The first-order valence-electron chi connectivity index (χ1n) is 13.7. The number of hydrogen-bond donors (Lipinski definition) is 0. The lowest BCUT2D eigenvalue weighted by Gasteiger charge is -2.37. The lowest BCUT2D eigenvalue weighted by molar-refractivity contribution is -0.384. The van der Waals surface area contributed by atoms with Crippen LogP contribution in [0.2, 0.25) is 0 Å². The Morgan fingerprint density at radius 1 is 0.976 bits per heavy atom. The average Bonchev–Trinajstić information content (AvgIpc) is 3.64. The van der Waals surface area contributed by atoms with E-state index in [0.29, 0.717) is 28.8 Å². The highest BCUT2D eigenvalue weighted by atomic mass is 16.6. The van der Waals surface area contributed by atoms with Crippen molar-refractivity contribution >= 4 is 40.8 Å². The molecule has 8 rings (SSSR count). The van der Waals surface area contributed by atoms with Crippen molar-refractivity contribution < 1.29 is 33.6 Å².